The van der Waals surface area contributed by atoms with Gasteiger partial charge in [0.05, 0.1) is 12.8 Å². The highest BCUT2D eigenvalue weighted by Crippen LogP contribution is 2.23. The van der Waals surface area contributed by atoms with Crippen LogP contribution in [0.15, 0.2) is 0 Å². The number of esters is 1. The normalized spacial score (nSPS) is 14.4. The molecule has 0 fully saturated rings. The monoisotopic (exact) mass is 209 g/mol. The first kappa shape index (κ1) is 10.2. The summed E-state index contributed by atoms with van der Waals surface area (Å²) in [4.78, 5) is 11.5. The Morgan fingerprint density at radius 2 is 2.27 bits per heavy atom. The van der Waals surface area contributed by atoms with Crippen LogP contribution in [-0.2, 0) is 17.8 Å². The third kappa shape index (κ3) is 1.52. The Kier molecular flexibility index (Phi) is 2.48. The lowest BCUT2D eigenvalue weighted by atomic mass is 10.2. The predicted molar refractivity (Wildman–Crippen MR) is 54.5 cm³/mol. The number of fused-ring (bicyclic) bond motifs is 1. The van der Waals surface area contributed by atoms with Gasteiger partial charge in [0.15, 0.2) is 5.69 Å². The highest BCUT2D eigenvalue weighted by atomic mass is 16.5. The van der Waals surface area contributed by atoms with Crippen molar-refractivity contribution in [2.45, 2.75) is 33.0 Å². The summed E-state index contributed by atoms with van der Waals surface area (Å²) in [6.45, 7) is 5.57. The summed E-state index contributed by atoms with van der Waals surface area (Å²) in [5.74, 6) is -0.352. The Balaban J connectivity index is 2.49. The maximum absolute atomic E-state index is 11.5. The molecular formula is C10H15N3O2. The molecule has 0 bridgehead atoms. The summed E-state index contributed by atoms with van der Waals surface area (Å²) in [6, 6.07) is 0.261. The number of nitrogens with one attached hydrogen (secondary N) is 1. The van der Waals surface area contributed by atoms with E-state index in [1.165, 1.54) is 7.11 Å². The van der Waals surface area contributed by atoms with Gasteiger partial charge in [-0.15, -0.1) is 0 Å². The molecule has 5 heteroatoms. The molecule has 0 amide bonds. The average Bonchev–Trinajstić information content (AvgIpc) is 2.75. The molecule has 1 aliphatic heterocycles. The summed E-state index contributed by atoms with van der Waals surface area (Å²) >= 11 is 0. The molecule has 1 aromatic heterocycles. The zero-order valence-electron chi connectivity index (χ0n) is 9.20. The third-order valence-electron chi connectivity index (χ3n) is 2.58. The first-order valence-electron chi connectivity index (χ1n) is 5.04. The smallest absolute Gasteiger partial charge is 0.358 e. The van der Waals surface area contributed by atoms with Crippen LogP contribution in [0.5, 0.6) is 0 Å². The maximum Gasteiger partial charge on any atom is 0.358 e. The molecule has 1 N–H and O–H groups in total. The molecule has 15 heavy (non-hydrogen) atoms. The van der Waals surface area contributed by atoms with Gasteiger partial charge in [0.25, 0.3) is 0 Å². The fraction of sp³-hybridized carbons (Fsp3) is 0.600. The number of carbonyl (C=O) groups excluding carboxylic acids is 1. The molecule has 0 unspecified atom stereocenters. The van der Waals surface area contributed by atoms with E-state index in [-0.39, 0.29) is 12.0 Å². The molecule has 1 aromatic rings. The summed E-state index contributed by atoms with van der Waals surface area (Å²) in [6.07, 6.45) is 0. The molecule has 2 rings (SSSR count). The number of rotatable bonds is 2. The molecule has 0 saturated carbocycles. The van der Waals surface area contributed by atoms with E-state index in [1.54, 1.807) is 0 Å². The minimum atomic E-state index is -0.352. The van der Waals surface area contributed by atoms with Crippen LogP contribution in [0.4, 0.5) is 0 Å². The Bertz CT molecular complexity index is 396. The van der Waals surface area contributed by atoms with Crippen LogP contribution in [0.2, 0.25) is 0 Å². The summed E-state index contributed by atoms with van der Waals surface area (Å²) in [5, 5.41) is 7.52. The lowest BCUT2D eigenvalue weighted by Gasteiger charge is -2.08. The van der Waals surface area contributed by atoms with Crippen molar-refractivity contribution in [1.82, 2.24) is 15.1 Å². The predicted octanol–water partition coefficient (Wildman–Crippen LogP) is 0.854. The fourth-order valence-electron chi connectivity index (χ4n) is 1.87. The van der Waals surface area contributed by atoms with Gasteiger partial charge >= 0.3 is 5.97 Å². The molecule has 0 atom stereocenters. The minimum absolute atomic E-state index is 0.261. The molecule has 82 valence electrons. The lowest BCUT2D eigenvalue weighted by molar-refractivity contribution is 0.0591. The van der Waals surface area contributed by atoms with Crippen molar-refractivity contribution in [3.63, 3.8) is 0 Å². The first-order valence-corrected chi connectivity index (χ1v) is 5.04. The lowest BCUT2D eigenvalue weighted by Crippen LogP contribution is -2.13. The Hall–Kier alpha value is -1.36. The van der Waals surface area contributed by atoms with Crippen LogP contribution in [0.1, 0.15) is 41.6 Å². The molecule has 0 aliphatic carbocycles. The number of ether oxygens (including phenoxy) is 1. The van der Waals surface area contributed by atoms with Crippen molar-refractivity contribution in [3.05, 3.63) is 17.0 Å². The molecule has 2 heterocycles. The van der Waals surface area contributed by atoms with E-state index in [4.69, 9.17) is 4.74 Å². The second-order valence-corrected chi connectivity index (χ2v) is 3.91. The van der Waals surface area contributed by atoms with Gasteiger partial charge in [-0.25, -0.2) is 4.79 Å². The standard InChI is InChI=1S/C10H15N3O2/c1-6(2)13-8-5-11-4-7(8)9(12-13)10(14)15-3/h6,11H,4-5H2,1-3H3. The van der Waals surface area contributed by atoms with Crippen LogP contribution >= 0.6 is 0 Å². The zero-order valence-corrected chi connectivity index (χ0v) is 9.20. The fourth-order valence-corrected chi connectivity index (χ4v) is 1.87. The molecule has 0 radical (unpaired) electrons. The average molecular weight is 209 g/mol. The van der Waals surface area contributed by atoms with Crippen LogP contribution in [0, 0.1) is 0 Å². The highest BCUT2D eigenvalue weighted by Gasteiger charge is 2.27. The van der Waals surface area contributed by atoms with E-state index < -0.39 is 0 Å². The van der Waals surface area contributed by atoms with E-state index in [2.05, 4.69) is 10.4 Å². The third-order valence-corrected chi connectivity index (χ3v) is 2.58. The second kappa shape index (κ2) is 3.66. The maximum atomic E-state index is 11.5. The number of hydrogen-bond donors (Lipinski definition) is 1. The number of carbonyl (C=O) groups is 1. The van der Waals surface area contributed by atoms with Gasteiger partial charge in [-0.3, -0.25) is 4.68 Å². The first-order chi connectivity index (χ1) is 7.15. The minimum Gasteiger partial charge on any atom is -0.464 e. The number of hydrogen-bond acceptors (Lipinski definition) is 4. The van der Waals surface area contributed by atoms with Crippen molar-refractivity contribution in [3.8, 4) is 0 Å². The molecule has 5 nitrogen and oxygen atoms in total. The van der Waals surface area contributed by atoms with Gasteiger partial charge in [0.1, 0.15) is 0 Å². The summed E-state index contributed by atoms with van der Waals surface area (Å²) in [7, 11) is 1.38. The molecule has 0 spiro atoms. The van der Waals surface area contributed by atoms with Crippen molar-refractivity contribution in [1.29, 1.82) is 0 Å². The number of aromatic nitrogens is 2. The van der Waals surface area contributed by atoms with Crippen molar-refractivity contribution in [2.24, 2.45) is 0 Å². The molecular weight excluding hydrogens is 194 g/mol. The summed E-state index contributed by atoms with van der Waals surface area (Å²) < 4.78 is 6.60. The van der Waals surface area contributed by atoms with Gasteiger partial charge < -0.3 is 10.1 Å². The van der Waals surface area contributed by atoms with Gasteiger partial charge in [0, 0.05) is 24.7 Å². The SMILES string of the molecule is COC(=O)c1nn(C(C)C)c2c1CNC2. The van der Waals surface area contributed by atoms with Gasteiger partial charge in [-0.05, 0) is 13.8 Å². The molecule has 0 aromatic carbocycles. The quantitative estimate of drug-likeness (QED) is 0.734. The van der Waals surface area contributed by atoms with Crippen LogP contribution in [-0.4, -0.2) is 22.9 Å². The Morgan fingerprint density at radius 3 is 2.87 bits per heavy atom. The van der Waals surface area contributed by atoms with Crippen LogP contribution < -0.4 is 5.32 Å². The van der Waals surface area contributed by atoms with Crippen molar-refractivity contribution in [2.75, 3.05) is 7.11 Å². The second-order valence-electron chi connectivity index (χ2n) is 3.91. The van der Waals surface area contributed by atoms with E-state index in [1.807, 2.05) is 18.5 Å². The van der Waals surface area contributed by atoms with Crippen LogP contribution in [0.25, 0.3) is 0 Å². The zero-order chi connectivity index (χ0) is 11.0. The largest absolute Gasteiger partial charge is 0.464 e. The van der Waals surface area contributed by atoms with E-state index in [0.29, 0.717) is 12.2 Å². The van der Waals surface area contributed by atoms with E-state index in [0.717, 1.165) is 17.8 Å². The topological polar surface area (TPSA) is 56.1 Å². The van der Waals surface area contributed by atoms with E-state index >= 15 is 0 Å². The van der Waals surface area contributed by atoms with E-state index in [9.17, 15) is 4.79 Å². The Morgan fingerprint density at radius 1 is 1.53 bits per heavy atom. The Labute approximate surface area is 88.4 Å². The van der Waals surface area contributed by atoms with Crippen LogP contribution in [0.3, 0.4) is 0 Å². The van der Waals surface area contributed by atoms with Gasteiger partial charge in [-0.1, -0.05) is 0 Å². The molecule has 1 aliphatic rings. The van der Waals surface area contributed by atoms with Gasteiger partial charge in [0.2, 0.25) is 0 Å². The van der Waals surface area contributed by atoms with Crippen molar-refractivity contribution >= 4 is 5.97 Å². The molecule has 0 saturated heterocycles. The highest BCUT2D eigenvalue weighted by molar-refractivity contribution is 5.89. The van der Waals surface area contributed by atoms with Gasteiger partial charge in [-0.2, -0.15) is 5.10 Å². The van der Waals surface area contributed by atoms with Crippen molar-refractivity contribution < 1.29 is 9.53 Å². The number of methoxy groups -OCH3 is 1. The number of nitrogens with zero attached hydrogens (tertiary/aromatic N) is 2. The summed E-state index contributed by atoms with van der Waals surface area (Å²) in [5.41, 5.74) is 2.53.